The zero-order chi connectivity index (χ0) is 71.0. The van der Waals surface area contributed by atoms with Crippen molar-refractivity contribution in [1.29, 1.82) is 0 Å². The van der Waals surface area contributed by atoms with Crippen LogP contribution in [0.1, 0.15) is 149 Å². The number of nitrogens with zero attached hydrogens (tertiary/aromatic N) is 7. The zero-order valence-corrected chi connectivity index (χ0v) is 58.8. The first-order valence-electron chi connectivity index (χ1n) is 33.6. The zero-order valence-electron chi connectivity index (χ0n) is 57.1. The Labute approximate surface area is 580 Å². The van der Waals surface area contributed by atoms with Gasteiger partial charge in [0.25, 0.3) is 5.91 Å². The summed E-state index contributed by atoms with van der Waals surface area (Å²) in [5.41, 5.74) is 11.7. The smallest absolute Gasteiger partial charge is 0.425 e. The predicted octanol–water partition coefficient (Wildman–Crippen LogP) is 11.0. The molecule has 4 aromatic carbocycles. The van der Waals surface area contributed by atoms with Gasteiger partial charge in [-0.2, -0.15) is 14.2 Å². The van der Waals surface area contributed by atoms with Crippen LogP contribution in [-0.4, -0.2) is 143 Å². The minimum absolute atomic E-state index is 0.0157. The lowest BCUT2D eigenvalue weighted by atomic mass is 9.79. The Morgan fingerprint density at radius 2 is 1.57 bits per heavy atom. The Bertz CT molecular complexity index is 4520. The van der Waals surface area contributed by atoms with Gasteiger partial charge in [0.05, 0.1) is 39.9 Å². The number of benzene rings is 4. The van der Waals surface area contributed by atoms with Crippen molar-refractivity contribution >= 4 is 94.7 Å². The molecule has 24 heteroatoms. The van der Waals surface area contributed by atoms with Gasteiger partial charge in [-0.15, -0.1) is 12.6 Å². The highest BCUT2D eigenvalue weighted by Gasteiger charge is 2.46. The maximum atomic E-state index is 13.7. The molecule has 4 amide bonds. The molecule has 7 aromatic rings. The Morgan fingerprint density at radius 3 is 2.24 bits per heavy atom. The van der Waals surface area contributed by atoms with E-state index in [1.807, 2.05) is 47.1 Å². The topological polar surface area (TPSA) is 290 Å². The molecule has 0 saturated carbocycles. The molecule has 1 saturated heterocycles. The number of unbranched alkanes of at least 4 members (excludes halogenated alkanes) is 2. The summed E-state index contributed by atoms with van der Waals surface area (Å²) in [4.78, 5) is 77.4. The molecule has 520 valence electrons. The average molecular weight is 1380 g/mol. The number of anilines is 2. The number of pyridine rings is 3. The highest BCUT2D eigenvalue weighted by molar-refractivity contribution is 7.85. The number of hydrogen-bond acceptors (Lipinski definition) is 17. The number of allylic oxidation sites excluding steroid dienone is 6. The van der Waals surface area contributed by atoms with E-state index in [0.29, 0.717) is 82.1 Å². The van der Waals surface area contributed by atoms with Crippen LogP contribution < -0.4 is 25.6 Å². The molecule has 99 heavy (non-hydrogen) atoms. The normalized spacial score (nSPS) is 15.9. The van der Waals surface area contributed by atoms with Crippen LogP contribution >= 0.6 is 0 Å². The van der Waals surface area contributed by atoms with Gasteiger partial charge in [0, 0.05) is 129 Å². The predicted molar refractivity (Wildman–Crippen MR) is 380 cm³/mol. The third-order valence-electron chi connectivity index (χ3n) is 18.8. The van der Waals surface area contributed by atoms with Gasteiger partial charge in [0.2, 0.25) is 17.5 Å². The third kappa shape index (κ3) is 17.8. The number of carbonyl (C=O) groups excluding carboxylic acids is 5. The summed E-state index contributed by atoms with van der Waals surface area (Å²) in [6, 6.07) is 35.0. The summed E-state index contributed by atoms with van der Waals surface area (Å²) in [6.45, 7) is 17.9. The van der Waals surface area contributed by atoms with Gasteiger partial charge in [-0.25, -0.2) is 23.2 Å². The summed E-state index contributed by atoms with van der Waals surface area (Å²) in [5, 5.41) is 14.3. The molecule has 7 heterocycles. The number of carbonyl (C=O) groups is 3. The molecule has 0 spiro atoms. The number of hydrogen-bond donors (Lipinski definition) is 3. The summed E-state index contributed by atoms with van der Waals surface area (Å²) in [6.07, 6.45) is 19.1. The van der Waals surface area contributed by atoms with Crippen LogP contribution in [0.2, 0.25) is 0 Å². The standard InChI is InChI=1S/C74H86N10O7S.CO2.O3S/c1-8-40-83-62-33-27-51-19-11-13-22-58(51)68(62)73(3,4)64(83)35-29-53(30-36-65-74(5,6)69-59-23-14-12-20-52(59)28-34-63(69)84(65)42-18-45-92(88,89)90)60-32-26-56(48-77-60)71(86)76-38-15-9-10-25-66(85)78-49-57-46-54-21-16-39-75-70(54)80-61(57)24-17-41-81-43-44-82(72(81)87)50(2)55-31-37-67(91-7)79-47-55;2-1-3;1-4(2)3/h11-14,19-20,22-23,26-37,46-48,50H,8-10,15-18,21,24-25,38-45,49H2,1-7H3,(H3-,75,76,78,80,85,86,88,89,90);;/t50-;;/m0../s1. The molecule has 1 atom stereocenters. The van der Waals surface area contributed by atoms with Crippen molar-refractivity contribution in [3.63, 3.8) is 0 Å². The van der Waals surface area contributed by atoms with Crippen molar-refractivity contribution in [1.82, 2.24) is 35.4 Å². The molecule has 1 fully saturated rings. The fourth-order valence-corrected chi connectivity index (χ4v) is 14.5. The molecule has 22 nitrogen and oxygen atoms in total. The Morgan fingerprint density at radius 1 is 0.848 bits per heavy atom. The highest BCUT2D eigenvalue weighted by Crippen LogP contribution is 2.51. The van der Waals surface area contributed by atoms with Crippen molar-refractivity contribution < 1.29 is 58.9 Å². The molecule has 0 radical (unpaired) electrons. The number of ether oxygens (including phenoxy) is 1. The molecule has 11 rings (SSSR count). The van der Waals surface area contributed by atoms with Gasteiger partial charge in [0.15, 0.2) is 5.71 Å². The number of fused-ring (bicyclic) bond motifs is 7. The lowest BCUT2D eigenvalue weighted by molar-refractivity contribution is -0.437. The minimum Gasteiger partial charge on any atom is -0.748 e. The molecule has 0 bridgehead atoms. The van der Waals surface area contributed by atoms with Crippen molar-refractivity contribution in [2.45, 2.75) is 129 Å². The second-order valence-electron chi connectivity index (χ2n) is 26.0. The first kappa shape index (κ1) is 73.5. The number of rotatable bonds is 26. The van der Waals surface area contributed by atoms with Crippen LogP contribution in [-0.2, 0) is 65.3 Å². The van der Waals surface area contributed by atoms with E-state index in [1.165, 1.54) is 22.0 Å². The second kappa shape index (κ2) is 33.2. The van der Waals surface area contributed by atoms with E-state index in [1.54, 1.807) is 25.6 Å². The molecular weight excluding hydrogens is 1300 g/mol. The molecular formula is C75H86N10O12S2. The molecule has 0 aliphatic carbocycles. The minimum atomic E-state index is -4.43. The van der Waals surface area contributed by atoms with Crippen molar-refractivity contribution in [3.8, 4) is 5.88 Å². The van der Waals surface area contributed by atoms with Gasteiger partial charge in [-0.3, -0.25) is 14.6 Å². The maximum Gasteiger partial charge on any atom is 0.425 e. The van der Waals surface area contributed by atoms with Gasteiger partial charge < -0.3 is 39.9 Å². The largest absolute Gasteiger partial charge is 0.748 e. The Balaban J connectivity index is 0.00000156. The molecule has 3 aromatic heterocycles. The first-order chi connectivity index (χ1) is 47.5. The van der Waals surface area contributed by atoms with E-state index in [-0.39, 0.29) is 41.9 Å². The van der Waals surface area contributed by atoms with Gasteiger partial charge in [0.1, 0.15) is 12.4 Å². The Hall–Kier alpha value is -9.74. The lowest BCUT2D eigenvalue weighted by Crippen LogP contribution is -2.34. The molecule has 0 unspecified atom stereocenters. The van der Waals surface area contributed by atoms with Gasteiger partial charge in [-0.1, -0.05) is 93.9 Å². The lowest BCUT2D eigenvalue weighted by Gasteiger charge is -2.27. The van der Waals surface area contributed by atoms with E-state index < -0.39 is 31.9 Å². The van der Waals surface area contributed by atoms with Crippen LogP contribution in [0, 0.1) is 0 Å². The quantitative estimate of drug-likeness (QED) is 0.0196. The monoisotopic (exact) mass is 1380 g/mol. The number of aryl methyl sites for hydroxylation is 2. The van der Waals surface area contributed by atoms with Crippen LogP contribution in [0.25, 0.3) is 27.1 Å². The van der Waals surface area contributed by atoms with Gasteiger partial charge >= 0.3 is 22.8 Å². The number of methoxy groups -OCH3 is 1. The number of amides is 4. The number of urea groups is 1. The summed E-state index contributed by atoms with van der Waals surface area (Å²) in [5.74, 6) is 0.695. The van der Waals surface area contributed by atoms with Gasteiger partial charge in [-0.05, 0) is 152 Å². The van der Waals surface area contributed by atoms with Crippen LogP contribution in [0.3, 0.4) is 0 Å². The average Bonchev–Trinajstić information content (AvgIpc) is 1.58. The fourth-order valence-electron chi connectivity index (χ4n) is 14.0. The highest BCUT2D eigenvalue weighted by atomic mass is 32.2. The van der Waals surface area contributed by atoms with E-state index in [2.05, 4.69) is 156 Å². The second-order valence-corrected chi connectivity index (χ2v) is 27.9. The van der Waals surface area contributed by atoms with E-state index >= 15 is 0 Å². The summed E-state index contributed by atoms with van der Waals surface area (Å²) in [7, 11) is -5.96. The fraction of sp³-hybridized carbons (Fsp3) is 0.387. The summed E-state index contributed by atoms with van der Waals surface area (Å²) < 4.78 is 68.5. The van der Waals surface area contributed by atoms with Crippen molar-refractivity contribution in [2.75, 3.05) is 68.9 Å². The third-order valence-corrected chi connectivity index (χ3v) is 19.6. The molecule has 4 aliphatic rings. The first-order valence-corrected chi connectivity index (χ1v) is 36.2. The van der Waals surface area contributed by atoms with Crippen LogP contribution in [0.4, 0.5) is 22.0 Å². The summed E-state index contributed by atoms with van der Waals surface area (Å²) >= 11 is 0. The maximum absolute atomic E-state index is 13.7. The Kier molecular flexibility index (Phi) is 24.7. The number of aromatic nitrogens is 3. The molecule has 3 N–H and O–H groups in total. The van der Waals surface area contributed by atoms with Crippen LogP contribution in [0.15, 0.2) is 146 Å². The van der Waals surface area contributed by atoms with E-state index in [0.717, 1.165) is 112 Å². The SMILES string of the molecule is CCCN1/C(=C/C=C(/C=C/C2=[N+](CCCS(=O)(=O)[O-])c3ccc4ccccc4c3C2(C)C)c2ccc(C(=O)NCCCCCC(=O)NCc3cc4c(nc3CCCN3CCN([C@@H](C)c5ccc(OC)nc5)C3=O)NCCC4)cn2)C(C)(C)c2c1ccc1ccccc21.O=C=O.O=S(=O)=O. The van der Waals surface area contributed by atoms with Crippen LogP contribution in [0.5, 0.6) is 5.88 Å². The van der Waals surface area contributed by atoms with Crippen molar-refractivity contribution in [2.24, 2.45) is 0 Å². The van der Waals surface area contributed by atoms with E-state index in [4.69, 9.17) is 36.9 Å². The van der Waals surface area contributed by atoms with Crippen molar-refractivity contribution in [3.05, 3.63) is 190 Å². The van der Waals surface area contributed by atoms with E-state index in [9.17, 15) is 27.4 Å². The number of nitrogens with one attached hydrogen (secondary N) is 3. The molecule has 4 aliphatic heterocycles.